The largest absolute Gasteiger partial charge is 0.432 e. The first-order valence-electron chi connectivity index (χ1n) is 3.65. The topological polar surface area (TPSA) is 22.1 Å². The molecule has 0 aliphatic heterocycles. The molecule has 0 radical (unpaired) electrons. The average molecular weight is 236 g/mol. The van der Waals surface area contributed by atoms with Crippen LogP contribution in [0.5, 0.6) is 5.75 Å². The van der Waals surface area contributed by atoms with Gasteiger partial charge in [0.05, 0.1) is 15.2 Å². The molecule has 0 atom stereocenters. The minimum atomic E-state index is -2.85. The molecule has 0 amide bonds. The smallest absolute Gasteiger partial charge is 0.387 e. The lowest BCUT2D eigenvalue weighted by atomic mass is 10.3. The molecule has 0 spiro atoms. The fourth-order valence-electron chi connectivity index (χ4n) is 1.09. The molecule has 2 aromatic rings. The molecule has 2 nitrogen and oxygen atoms in total. The molecule has 0 fully saturated rings. The number of ether oxygens (including phenoxy) is 1. The predicted molar refractivity (Wildman–Crippen MR) is 51.3 cm³/mol. The molecular formula is C8H4ClF2NOS. The molecular weight excluding hydrogens is 232 g/mol. The molecule has 0 aliphatic carbocycles. The van der Waals surface area contributed by atoms with Gasteiger partial charge in [0.1, 0.15) is 5.52 Å². The number of rotatable bonds is 2. The zero-order chi connectivity index (χ0) is 10.1. The third-order valence-electron chi connectivity index (χ3n) is 1.61. The number of aromatic nitrogens is 1. The van der Waals surface area contributed by atoms with Crippen LogP contribution < -0.4 is 4.74 Å². The molecule has 14 heavy (non-hydrogen) atoms. The van der Waals surface area contributed by atoms with Gasteiger partial charge in [0.25, 0.3) is 0 Å². The van der Waals surface area contributed by atoms with E-state index >= 15 is 0 Å². The number of halogens is 3. The maximum Gasteiger partial charge on any atom is 0.387 e. The second-order valence-electron chi connectivity index (χ2n) is 2.45. The fraction of sp³-hybridized carbons (Fsp3) is 0.125. The van der Waals surface area contributed by atoms with Gasteiger partial charge in [0, 0.05) is 0 Å². The normalized spacial score (nSPS) is 11.1. The number of nitrogens with zero attached hydrogens (tertiary/aromatic N) is 1. The Hall–Kier alpha value is -0.940. The lowest BCUT2D eigenvalue weighted by molar-refractivity contribution is -0.0489. The molecule has 74 valence electrons. The Morgan fingerprint density at radius 3 is 2.93 bits per heavy atom. The Morgan fingerprint density at radius 1 is 1.43 bits per heavy atom. The third-order valence-corrected chi connectivity index (χ3v) is 2.90. The standard InChI is InChI=1S/C8H4ClF2NOS/c9-4-1-2-5(13-8(10)11)6-7(4)14-3-12-6/h1-3,8H. The second kappa shape index (κ2) is 3.67. The van der Waals surface area contributed by atoms with Gasteiger partial charge in [-0.05, 0) is 12.1 Å². The first kappa shape index (κ1) is 9.61. The van der Waals surface area contributed by atoms with E-state index in [2.05, 4.69) is 9.72 Å². The summed E-state index contributed by atoms with van der Waals surface area (Å²) in [6.45, 7) is -2.85. The van der Waals surface area contributed by atoms with Crippen LogP contribution in [0, 0.1) is 0 Å². The summed E-state index contributed by atoms with van der Waals surface area (Å²) in [6.07, 6.45) is 0. The van der Waals surface area contributed by atoms with E-state index in [1.807, 2.05) is 0 Å². The molecule has 0 aliphatic rings. The second-order valence-corrected chi connectivity index (χ2v) is 3.72. The number of hydrogen-bond donors (Lipinski definition) is 0. The van der Waals surface area contributed by atoms with Crippen LogP contribution in [0.3, 0.4) is 0 Å². The van der Waals surface area contributed by atoms with Crippen molar-refractivity contribution in [1.82, 2.24) is 4.98 Å². The van der Waals surface area contributed by atoms with E-state index in [9.17, 15) is 8.78 Å². The summed E-state index contributed by atoms with van der Waals surface area (Å²) in [5.41, 5.74) is 1.91. The Bertz CT molecular complexity index is 460. The first-order valence-corrected chi connectivity index (χ1v) is 4.91. The van der Waals surface area contributed by atoms with Gasteiger partial charge in [-0.25, -0.2) is 4.98 Å². The maximum absolute atomic E-state index is 12.0. The van der Waals surface area contributed by atoms with Crippen LogP contribution in [0.25, 0.3) is 10.2 Å². The van der Waals surface area contributed by atoms with Gasteiger partial charge < -0.3 is 4.74 Å². The number of benzene rings is 1. The van der Waals surface area contributed by atoms with Crippen molar-refractivity contribution in [2.24, 2.45) is 0 Å². The predicted octanol–water partition coefficient (Wildman–Crippen LogP) is 3.55. The number of hydrogen-bond acceptors (Lipinski definition) is 3. The van der Waals surface area contributed by atoms with E-state index in [0.29, 0.717) is 15.2 Å². The lowest BCUT2D eigenvalue weighted by Crippen LogP contribution is -2.02. The van der Waals surface area contributed by atoms with E-state index in [1.54, 1.807) is 0 Å². The van der Waals surface area contributed by atoms with E-state index in [4.69, 9.17) is 11.6 Å². The van der Waals surface area contributed by atoms with Crippen molar-refractivity contribution in [2.75, 3.05) is 0 Å². The van der Waals surface area contributed by atoms with Gasteiger partial charge in [0.15, 0.2) is 5.75 Å². The number of fused-ring (bicyclic) bond motifs is 1. The highest BCUT2D eigenvalue weighted by Gasteiger charge is 2.12. The fourth-order valence-corrected chi connectivity index (χ4v) is 2.08. The average Bonchev–Trinajstić information content (AvgIpc) is 2.58. The van der Waals surface area contributed by atoms with Gasteiger partial charge in [-0.1, -0.05) is 11.6 Å². The molecule has 2 rings (SSSR count). The van der Waals surface area contributed by atoms with E-state index in [-0.39, 0.29) is 5.75 Å². The molecule has 1 aromatic carbocycles. The molecule has 1 heterocycles. The summed E-state index contributed by atoms with van der Waals surface area (Å²) < 4.78 is 28.9. The van der Waals surface area contributed by atoms with Crippen LogP contribution in [-0.2, 0) is 0 Å². The Kier molecular flexibility index (Phi) is 2.52. The van der Waals surface area contributed by atoms with Crippen LogP contribution in [0.1, 0.15) is 0 Å². The molecule has 6 heteroatoms. The zero-order valence-electron chi connectivity index (χ0n) is 6.71. The summed E-state index contributed by atoms with van der Waals surface area (Å²) in [7, 11) is 0. The SMILES string of the molecule is FC(F)Oc1ccc(Cl)c2scnc12. The van der Waals surface area contributed by atoms with Crippen molar-refractivity contribution in [2.45, 2.75) is 6.61 Å². The van der Waals surface area contributed by atoms with Gasteiger partial charge in [-0.2, -0.15) is 8.78 Å². The minimum Gasteiger partial charge on any atom is -0.432 e. The van der Waals surface area contributed by atoms with Crippen LogP contribution in [-0.4, -0.2) is 11.6 Å². The molecule has 0 saturated carbocycles. The highest BCUT2D eigenvalue weighted by molar-refractivity contribution is 7.17. The van der Waals surface area contributed by atoms with Crippen molar-refractivity contribution < 1.29 is 13.5 Å². The Balaban J connectivity index is 2.55. The highest BCUT2D eigenvalue weighted by atomic mass is 35.5. The van der Waals surface area contributed by atoms with Crippen LogP contribution in [0.4, 0.5) is 8.78 Å². The molecule has 1 aromatic heterocycles. The molecule has 0 saturated heterocycles. The maximum atomic E-state index is 12.0. The molecule has 0 N–H and O–H groups in total. The minimum absolute atomic E-state index is 0.0562. The van der Waals surface area contributed by atoms with Gasteiger partial charge in [-0.3, -0.25) is 0 Å². The van der Waals surface area contributed by atoms with Crippen molar-refractivity contribution in [3.05, 3.63) is 22.7 Å². The van der Waals surface area contributed by atoms with Gasteiger partial charge >= 0.3 is 6.61 Å². The Morgan fingerprint density at radius 2 is 2.21 bits per heavy atom. The van der Waals surface area contributed by atoms with Crippen LogP contribution in [0.15, 0.2) is 17.6 Å². The molecule has 0 unspecified atom stereocenters. The van der Waals surface area contributed by atoms with Crippen molar-refractivity contribution in [3.63, 3.8) is 0 Å². The molecule has 0 bridgehead atoms. The summed E-state index contributed by atoms with van der Waals surface area (Å²) in [5, 5.41) is 0.490. The Labute approximate surface area is 87.1 Å². The van der Waals surface area contributed by atoms with Gasteiger partial charge in [-0.15, -0.1) is 11.3 Å². The van der Waals surface area contributed by atoms with Crippen molar-refractivity contribution in [3.8, 4) is 5.75 Å². The number of thiazole rings is 1. The summed E-state index contributed by atoms with van der Waals surface area (Å²) >= 11 is 7.12. The van der Waals surface area contributed by atoms with Crippen LogP contribution in [0.2, 0.25) is 5.02 Å². The van der Waals surface area contributed by atoms with Gasteiger partial charge in [0.2, 0.25) is 0 Å². The zero-order valence-corrected chi connectivity index (χ0v) is 8.28. The summed E-state index contributed by atoms with van der Waals surface area (Å²) in [4.78, 5) is 3.91. The lowest BCUT2D eigenvalue weighted by Gasteiger charge is -2.04. The van der Waals surface area contributed by atoms with Crippen molar-refractivity contribution in [1.29, 1.82) is 0 Å². The van der Waals surface area contributed by atoms with Crippen molar-refractivity contribution >= 4 is 33.2 Å². The summed E-state index contributed by atoms with van der Waals surface area (Å²) in [5.74, 6) is 0.0562. The third kappa shape index (κ3) is 1.65. The van der Waals surface area contributed by atoms with E-state index in [1.165, 1.54) is 29.0 Å². The van der Waals surface area contributed by atoms with Crippen LogP contribution >= 0.6 is 22.9 Å². The van der Waals surface area contributed by atoms with E-state index < -0.39 is 6.61 Å². The first-order chi connectivity index (χ1) is 6.68. The highest BCUT2D eigenvalue weighted by Crippen LogP contribution is 2.33. The number of alkyl halides is 2. The quantitative estimate of drug-likeness (QED) is 0.794. The summed E-state index contributed by atoms with van der Waals surface area (Å²) in [6, 6.07) is 2.90. The van der Waals surface area contributed by atoms with E-state index in [0.717, 1.165) is 0 Å². The monoisotopic (exact) mass is 235 g/mol.